The monoisotopic (exact) mass is 197 g/mol. The van der Waals surface area contributed by atoms with Crippen LogP contribution in [0, 0.1) is 0 Å². The van der Waals surface area contributed by atoms with Gasteiger partial charge in [-0.3, -0.25) is 0 Å². The number of carboxylic acids is 1. The molecule has 0 unspecified atom stereocenters. The largest absolute Gasteiger partial charge is 0.492 e. The Kier molecular flexibility index (Phi) is 3.90. The van der Waals surface area contributed by atoms with Gasteiger partial charge in [-0.25, -0.2) is 10.3 Å². The highest BCUT2D eigenvalue weighted by Crippen LogP contribution is 2.11. The quantitative estimate of drug-likeness (QED) is 0.479. The molecule has 0 spiro atoms. The number of benzene rings is 1. The highest BCUT2D eigenvalue weighted by atomic mass is 16.5. The molecule has 0 aliphatic rings. The number of nitrogens with one attached hydrogen (secondary N) is 1. The van der Waals surface area contributed by atoms with Crippen LogP contribution < -0.4 is 10.2 Å². The zero-order valence-electron chi connectivity index (χ0n) is 7.43. The number of aromatic carboxylic acids is 1. The zero-order valence-corrected chi connectivity index (χ0v) is 7.43. The number of rotatable bonds is 5. The summed E-state index contributed by atoms with van der Waals surface area (Å²) < 4.78 is 5.17. The first-order valence-corrected chi connectivity index (χ1v) is 4.07. The Labute approximate surface area is 80.9 Å². The van der Waals surface area contributed by atoms with Crippen LogP contribution in [0.25, 0.3) is 0 Å². The van der Waals surface area contributed by atoms with Crippen LogP contribution >= 0.6 is 0 Å². The average molecular weight is 197 g/mol. The fraction of sp³-hybridized carbons (Fsp3) is 0.222. The summed E-state index contributed by atoms with van der Waals surface area (Å²) in [4.78, 5) is 10.5. The first kappa shape index (κ1) is 10.5. The van der Waals surface area contributed by atoms with Crippen molar-refractivity contribution in [1.82, 2.24) is 5.48 Å². The molecule has 0 saturated carbocycles. The van der Waals surface area contributed by atoms with Crippen LogP contribution in [0.1, 0.15) is 10.4 Å². The molecule has 1 aromatic carbocycles. The summed E-state index contributed by atoms with van der Waals surface area (Å²) in [5.41, 5.74) is 2.17. The first-order valence-electron chi connectivity index (χ1n) is 4.07. The third kappa shape index (κ3) is 3.04. The molecular weight excluding hydrogens is 186 g/mol. The van der Waals surface area contributed by atoms with E-state index < -0.39 is 5.97 Å². The summed E-state index contributed by atoms with van der Waals surface area (Å²) >= 11 is 0. The van der Waals surface area contributed by atoms with Gasteiger partial charge >= 0.3 is 5.97 Å². The molecule has 3 N–H and O–H groups in total. The minimum atomic E-state index is -0.964. The van der Waals surface area contributed by atoms with E-state index in [0.29, 0.717) is 18.9 Å². The van der Waals surface area contributed by atoms with E-state index in [2.05, 4.69) is 0 Å². The Bertz CT molecular complexity index is 296. The van der Waals surface area contributed by atoms with Gasteiger partial charge in [0.2, 0.25) is 0 Å². The average Bonchev–Trinajstić information content (AvgIpc) is 2.19. The van der Waals surface area contributed by atoms with E-state index in [1.165, 1.54) is 12.1 Å². The summed E-state index contributed by atoms with van der Waals surface area (Å²) in [6.07, 6.45) is 0. The van der Waals surface area contributed by atoms with E-state index in [0.717, 1.165) is 0 Å². The summed E-state index contributed by atoms with van der Waals surface area (Å²) in [7, 11) is 0. The van der Waals surface area contributed by atoms with Gasteiger partial charge in [-0.2, -0.15) is 0 Å². The number of carbonyl (C=O) groups is 1. The number of hydrogen-bond acceptors (Lipinski definition) is 4. The van der Waals surface area contributed by atoms with Crippen LogP contribution in [0.5, 0.6) is 5.75 Å². The molecule has 0 saturated heterocycles. The molecule has 0 atom stereocenters. The Morgan fingerprint density at radius 3 is 2.50 bits per heavy atom. The fourth-order valence-corrected chi connectivity index (χ4v) is 0.908. The van der Waals surface area contributed by atoms with Gasteiger partial charge < -0.3 is 15.1 Å². The Morgan fingerprint density at radius 1 is 1.36 bits per heavy atom. The van der Waals surface area contributed by atoms with Crippen LogP contribution in [-0.4, -0.2) is 29.4 Å². The van der Waals surface area contributed by atoms with Gasteiger partial charge in [0.1, 0.15) is 12.4 Å². The van der Waals surface area contributed by atoms with Gasteiger partial charge in [-0.1, -0.05) is 0 Å². The molecule has 0 amide bonds. The van der Waals surface area contributed by atoms with Crippen molar-refractivity contribution < 1.29 is 19.8 Å². The predicted molar refractivity (Wildman–Crippen MR) is 48.7 cm³/mol. The number of carboxylic acid groups (broad SMARTS) is 1. The van der Waals surface area contributed by atoms with Crippen LogP contribution in [0.15, 0.2) is 24.3 Å². The lowest BCUT2D eigenvalue weighted by Crippen LogP contribution is -2.16. The third-order valence-electron chi connectivity index (χ3n) is 1.58. The minimum absolute atomic E-state index is 0.220. The lowest BCUT2D eigenvalue weighted by Gasteiger charge is -2.04. The molecule has 0 fully saturated rings. The molecule has 76 valence electrons. The van der Waals surface area contributed by atoms with Crippen molar-refractivity contribution in [3.63, 3.8) is 0 Å². The van der Waals surface area contributed by atoms with Crippen molar-refractivity contribution in [2.75, 3.05) is 13.2 Å². The lowest BCUT2D eigenvalue weighted by molar-refractivity contribution is 0.0697. The molecule has 1 rings (SSSR count). The summed E-state index contributed by atoms with van der Waals surface area (Å²) in [5, 5.41) is 16.9. The second kappa shape index (κ2) is 5.21. The molecule has 0 heterocycles. The van der Waals surface area contributed by atoms with Gasteiger partial charge in [0.25, 0.3) is 0 Å². The van der Waals surface area contributed by atoms with Crippen LogP contribution in [0.3, 0.4) is 0 Å². The zero-order chi connectivity index (χ0) is 10.4. The minimum Gasteiger partial charge on any atom is -0.492 e. The summed E-state index contributed by atoms with van der Waals surface area (Å²) in [5.74, 6) is -0.390. The van der Waals surface area contributed by atoms with Crippen molar-refractivity contribution in [3.8, 4) is 5.75 Å². The highest BCUT2D eigenvalue weighted by Gasteiger charge is 2.01. The van der Waals surface area contributed by atoms with E-state index >= 15 is 0 Å². The molecule has 0 aliphatic heterocycles. The maximum atomic E-state index is 10.5. The first-order chi connectivity index (χ1) is 6.74. The smallest absolute Gasteiger partial charge is 0.335 e. The maximum absolute atomic E-state index is 10.5. The highest BCUT2D eigenvalue weighted by molar-refractivity contribution is 5.87. The van der Waals surface area contributed by atoms with E-state index in [9.17, 15) is 4.79 Å². The van der Waals surface area contributed by atoms with E-state index in [4.69, 9.17) is 15.1 Å². The molecule has 5 nitrogen and oxygen atoms in total. The van der Waals surface area contributed by atoms with Gasteiger partial charge in [0.15, 0.2) is 0 Å². The van der Waals surface area contributed by atoms with Crippen molar-refractivity contribution in [2.45, 2.75) is 0 Å². The van der Waals surface area contributed by atoms with E-state index in [1.807, 2.05) is 5.48 Å². The van der Waals surface area contributed by atoms with Crippen LogP contribution in [0.2, 0.25) is 0 Å². The van der Waals surface area contributed by atoms with Crippen LogP contribution in [0.4, 0.5) is 0 Å². The Hall–Kier alpha value is -1.59. The molecule has 1 aromatic rings. The van der Waals surface area contributed by atoms with Gasteiger partial charge in [-0.15, -0.1) is 0 Å². The SMILES string of the molecule is O=C(O)c1ccc(OCCNO)cc1. The van der Waals surface area contributed by atoms with Crippen molar-refractivity contribution >= 4 is 5.97 Å². The van der Waals surface area contributed by atoms with E-state index in [1.54, 1.807) is 12.1 Å². The second-order valence-corrected chi connectivity index (χ2v) is 2.59. The molecule has 14 heavy (non-hydrogen) atoms. The topological polar surface area (TPSA) is 78.8 Å². The molecule has 0 radical (unpaired) electrons. The molecule has 5 heteroatoms. The number of hydroxylamine groups is 1. The molecule has 0 aromatic heterocycles. The summed E-state index contributed by atoms with van der Waals surface area (Å²) in [6, 6.07) is 6.07. The normalized spacial score (nSPS) is 9.79. The number of hydrogen-bond donors (Lipinski definition) is 3. The molecular formula is C9H11NO4. The van der Waals surface area contributed by atoms with E-state index in [-0.39, 0.29) is 5.56 Å². The standard InChI is InChI=1S/C9H11NO4/c11-9(12)7-1-3-8(4-2-7)14-6-5-10-13/h1-4,10,13H,5-6H2,(H,11,12). The van der Waals surface area contributed by atoms with Crippen molar-refractivity contribution in [3.05, 3.63) is 29.8 Å². The predicted octanol–water partition coefficient (Wildman–Crippen LogP) is 0.742. The second-order valence-electron chi connectivity index (χ2n) is 2.59. The van der Waals surface area contributed by atoms with Crippen LogP contribution in [-0.2, 0) is 0 Å². The summed E-state index contributed by atoms with van der Waals surface area (Å²) in [6.45, 7) is 0.642. The number of ether oxygens (including phenoxy) is 1. The van der Waals surface area contributed by atoms with Gasteiger partial charge in [0, 0.05) is 0 Å². The van der Waals surface area contributed by atoms with Gasteiger partial charge in [-0.05, 0) is 24.3 Å². The Morgan fingerprint density at radius 2 is 2.00 bits per heavy atom. The fourth-order valence-electron chi connectivity index (χ4n) is 0.908. The lowest BCUT2D eigenvalue weighted by atomic mass is 10.2. The molecule has 0 aliphatic carbocycles. The van der Waals surface area contributed by atoms with Gasteiger partial charge in [0.05, 0.1) is 12.1 Å². The van der Waals surface area contributed by atoms with Crippen molar-refractivity contribution in [2.24, 2.45) is 0 Å². The molecule has 0 bridgehead atoms. The Balaban J connectivity index is 2.51. The van der Waals surface area contributed by atoms with Crippen molar-refractivity contribution in [1.29, 1.82) is 0 Å². The maximum Gasteiger partial charge on any atom is 0.335 e. The third-order valence-corrected chi connectivity index (χ3v) is 1.58.